The van der Waals surface area contributed by atoms with Crippen LogP contribution < -0.4 is 0 Å². The number of oxime groups is 1. The van der Waals surface area contributed by atoms with E-state index in [9.17, 15) is 4.79 Å². The van der Waals surface area contributed by atoms with E-state index in [-0.39, 0.29) is 11.9 Å². The first-order valence-corrected chi connectivity index (χ1v) is 8.66. The molecule has 5 heteroatoms. The van der Waals surface area contributed by atoms with Crippen LogP contribution in [-0.2, 0) is 20.1 Å². The van der Waals surface area contributed by atoms with Gasteiger partial charge < -0.3 is 9.57 Å². The molecule has 1 aliphatic carbocycles. The first-order valence-electron chi connectivity index (χ1n) is 7.61. The molecule has 2 unspecified atom stereocenters. The summed E-state index contributed by atoms with van der Waals surface area (Å²) in [5.74, 6) is 0.678. The molecule has 4 nitrogen and oxygen atoms in total. The van der Waals surface area contributed by atoms with Crippen LogP contribution in [0.3, 0.4) is 0 Å². The quantitative estimate of drug-likeness (QED) is 0.456. The molecule has 0 aliphatic heterocycles. The van der Waals surface area contributed by atoms with E-state index in [4.69, 9.17) is 9.57 Å². The maximum Gasteiger partial charge on any atom is 0.356 e. The van der Waals surface area contributed by atoms with Gasteiger partial charge in [0.1, 0.15) is 7.11 Å². The Morgan fingerprint density at radius 1 is 1.23 bits per heavy atom. The minimum Gasteiger partial charge on any atom is -0.464 e. The average molecular weight is 321 g/mol. The van der Waals surface area contributed by atoms with Gasteiger partial charge in [0, 0.05) is 16.9 Å². The monoisotopic (exact) mass is 321 g/mol. The molecule has 2 atom stereocenters. The van der Waals surface area contributed by atoms with Crippen LogP contribution in [0.2, 0.25) is 0 Å². The molecule has 0 radical (unpaired) electrons. The van der Waals surface area contributed by atoms with E-state index < -0.39 is 0 Å². The number of nitrogens with zero attached hydrogens (tertiary/aromatic N) is 1. The van der Waals surface area contributed by atoms with Gasteiger partial charge in [-0.2, -0.15) is 11.8 Å². The number of benzene rings is 1. The largest absolute Gasteiger partial charge is 0.464 e. The summed E-state index contributed by atoms with van der Waals surface area (Å²) in [5.41, 5.74) is 1.73. The first-order chi connectivity index (χ1) is 10.8. The fraction of sp³-hybridized carbons (Fsp3) is 0.529. The molecular weight excluding hydrogens is 298 g/mol. The third kappa shape index (κ3) is 4.50. The van der Waals surface area contributed by atoms with E-state index in [0.29, 0.717) is 11.0 Å². The van der Waals surface area contributed by atoms with Crippen molar-refractivity contribution in [2.75, 3.05) is 14.2 Å². The number of carbonyl (C=O) groups is 1. The Balaban J connectivity index is 2.06. The predicted octanol–water partition coefficient (Wildman–Crippen LogP) is 3.65. The maximum atomic E-state index is 12.0. The third-order valence-corrected chi connectivity index (χ3v) is 5.44. The molecule has 0 bridgehead atoms. The average Bonchev–Trinajstić information content (AvgIpc) is 2.58. The number of hydrogen-bond donors (Lipinski definition) is 0. The van der Waals surface area contributed by atoms with Crippen molar-refractivity contribution in [1.29, 1.82) is 0 Å². The molecule has 1 aromatic carbocycles. The van der Waals surface area contributed by atoms with Crippen molar-refractivity contribution in [3.8, 4) is 0 Å². The molecule has 0 N–H and O–H groups in total. The van der Waals surface area contributed by atoms with Crippen molar-refractivity contribution in [2.24, 2.45) is 11.1 Å². The van der Waals surface area contributed by atoms with Crippen molar-refractivity contribution in [3.05, 3.63) is 35.9 Å². The van der Waals surface area contributed by atoms with Gasteiger partial charge >= 0.3 is 5.97 Å². The lowest BCUT2D eigenvalue weighted by molar-refractivity contribution is -0.133. The van der Waals surface area contributed by atoms with E-state index in [1.54, 1.807) is 0 Å². The minimum atomic E-state index is -0.376. The highest BCUT2D eigenvalue weighted by molar-refractivity contribution is 7.99. The van der Waals surface area contributed by atoms with Crippen LogP contribution in [0.4, 0.5) is 0 Å². The van der Waals surface area contributed by atoms with Gasteiger partial charge in [-0.15, -0.1) is 0 Å². The fourth-order valence-corrected chi connectivity index (χ4v) is 4.28. The van der Waals surface area contributed by atoms with Gasteiger partial charge in [-0.25, -0.2) is 4.79 Å². The van der Waals surface area contributed by atoms with Gasteiger partial charge in [0.2, 0.25) is 0 Å². The number of carbonyl (C=O) groups excluding carboxylic acids is 1. The number of thioether (sulfide) groups is 1. The van der Waals surface area contributed by atoms with Crippen molar-refractivity contribution in [1.82, 2.24) is 0 Å². The van der Waals surface area contributed by atoms with Crippen molar-refractivity contribution in [2.45, 2.75) is 36.7 Å². The van der Waals surface area contributed by atoms with Gasteiger partial charge in [-0.05, 0) is 18.4 Å². The second kappa shape index (κ2) is 8.83. The molecule has 0 amide bonds. The number of rotatable bonds is 6. The molecule has 2 rings (SSSR count). The Kier molecular flexibility index (Phi) is 6.77. The molecule has 0 saturated heterocycles. The van der Waals surface area contributed by atoms with Gasteiger partial charge in [0.25, 0.3) is 0 Å². The molecule has 0 heterocycles. The van der Waals surface area contributed by atoms with Gasteiger partial charge in [0.15, 0.2) is 5.71 Å². The Bertz CT molecular complexity index is 504. The molecule has 0 aromatic heterocycles. The summed E-state index contributed by atoms with van der Waals surface area (Å²) in [5, 5.41) is 4.33. The summed E-state index contributed by atoms with van der Waals surface area (Å²) in [6, 6.07) is 10.4. The van der Waals surface area contributed by atoms with E-state index in [1.165, 1.54) is 26.2 Å². The van der Waals surface area contributed by atoms with Gasteiger partial charge in [-0.1, -0.05) is 48.3 Å². The van der Waals surface area contributed by atoms with Crippen molar-refractivity contribution in [3.63, 3.8) is 0 Å². The van der Waals surface area contributed by atoms with Crippen molar-refractivity contribution >= 4 is 23.4 Å². The first kappa shape index (κ1) is 16.9. The van der Waals surface area contributed by atoms with Gasteiger partial charge in [-0.3, -0.25) is 0 Å². The molecule has 22 heavy (non-hydrogen) atoms. The molecule has 1 fully saturated rings. The molecular formula is C17H23NO3S. The topological polar surface area (TPSA) is 47.9 Å². The van der Waals surface area contributed by atoms with Crippen LogP contribution in [0.15, 0.2) is 35.5 Å². The predicted molar refractivity (Wildman–Crippen MR) is 89.9 cm³/mol. The van der Waals surface area contributed by atoms with E-state index in [0.717, 1.165) is 25.0 Å². The summed E-state index contributed by atoms with van der Waals surface area (Å²) in [6.07, 6.45) is 4.38. The lowest BCUT2D eigenvalue weighted by atomic mass is 9.85. The summed E-state index contributed by atoms with van der Waals surface area (Å²) in [7, 11) is 2.86. The standard InChI is InChI=1S/C17H23NO3S/c1-20-17(19)16(18-21-2)14-10-6-7-11-15(14)22-12-13-8-4-3-5-9-13/h3-5,8-9,14-15H,6-7,10-12H2,1-2H3. The maximum absolute atomic E-state index is 12.0. The SMILES string of the molecule is CON=C(C(=O)OC)C1CCCCC1SCc1ccccc1. The highest BCUT2D eigenvalue weighted by Crippen LogP contribution is 2.36. The van der Waals surface area contributed by atoms with Gasteiger partial charge in [0.05, 0.1) is 7.11 Å². The summed E-state index contributed by atoms with van der Waals surface area (Å²) >= 11 is 1.90. The fourth-order valence-electron chi connectivity index (χ4n) is 2.85. The highest BCUT2D eigenvalue weighted by atomic mass is 32.2. The van der Waals surface area contributed by atoms with Crippen LogP contribution in [0.5, 0.6) is 0 Å². The molecule has 0 spiro atoms. The van der Waals surface area contributed by atoms with Crippen LogP contribution in [0.25, 0.3) is 0 Å². The van der Waals surface area contributed by atoms with E-state index in [1.807, 2.05) is 17.8 Å². The Morgan fingerprint density at radius 2 is 1.95 bits per heavy atom. The number of esters is 1. The Hall–Kier alpha value is -1.49. The van der Waals surface area contributed by atoms with E-state index in [2.05, 4.69) is 29.4 Å². The Morgan fingerprint density at radius 3 is 2.64 bits per heavy atom. The zero-order valence-electron chi connectivity index (χ0n) is 13.2. The zero-order chi connectivity index (χ0) is 15.8. The van der Waals surface area contributed by atoms with Crippen LogP contribution in [-0.4, -0.2) is 31.2 Å². The molecule has 1 aliphatic rings. The lowest BCUT2D eigenvalue weighted by Crippen LogP contribution is -2.35. The molecule has 1 aromatic rings. The summed E-state index contributed by atoms with van der Waals surface area (Å²) < 4.78 is 4.87. The number of methoxy groups -OCH3 is 1. The second-order valence-electron chi connectivity index (χ2n) is 5.38. The highest BCUT2D eigenvalue weighted by Gasteiger charge is 2.34. The normalized spacial score (nSPS) is 22.2. The molecule has 1 saturated carbocycles. The smallest absolute Gasteiger partial charge is 0.356 e. The lowest BCUT2D eigenvalue weighted by Gasteiger charge is -2.30. The van der Waals surface area contributed by atoms with Crippen LogP contribution in [0.1, 0.15) is 31.2 Å². The summed E-state index contributed by atoms with van der Waals surface area (Å²) in [4.78, 5) is 16.8. The van der Waals surface area contributed by atoms with Crippen molar-refractivity contribution < 1.29 is 14.4 Å². The third-order valence-electron chi connectivity index (χ3n) is 3.94. The Labute approximate surface area is 136 Å². The summed E-state index contributed by atoms with van der Waals surface area (Å²) in [6.45, 7) is 0. The molecule has 120 valence electrons. The zero-order valence-corrected chi connectivity index (χ0v) is 14.0. The van der Waals surface area contributed by atoms with Crippen LogP contribution in [0, 0.1) is 5.92 Å². The van der Waals surface area contributed by atoms with Crippen LogP contribution >= 0.6 is 11.8 Å². The number of ether oxygens (including phenoxy) is 1. The number of hydrogen-bond acceptors (Lipinski definition) is 5. The second-order valence-corrected chi connectivity index (χ2v) is 6.60. The minimum absolute atomic E-state index is 0.106. The van der Waals surface area contributed by atoms with E-state index >= 15 is 0 Å².